The monoisotopic (exact) mass is 595 g/mol. The van der Waals surface area contributed by atoms with Gasteiger partial charge in [0.1, 0.15) is 11.6 Å². The minimum Gasteiger partial charge on any atom is -0.493 e. The van der Waals surface area contributed by atoms with Gasteiger partial charge < -0.3 is 24.2 Å². The smallest absolute Gasteiger partial charge is 0.303 e. The number of benzene rings is 2. The lowest BCUT2D eigenvalue weighted by Crippen LogP contribution is -2.31. The maximum absolute atomic E-state index is 15.5. The predicted octanol–water partition coefficient (Wildman–Crippen LogP) is 6.42. The fraction of sp³-hybridized carbons (Fsp3) is 0.515. The minimum absolute atomic E-state index is 0.0311. The van der Waals surface area contributed by atoms with Crippen LogP contribution in [0, 0.1) is 22.6 Å². The number of carbonyl (C=O) groups excluding carboxylic acids is 1. The van der Waals surface area contributed by atoms with Crippen molar-refractivity contribution in [2.24, 2.45) is 0 Å². The van der Waals surface area contributed by atoms with Gasteiger partial charge in [0.25, 0.3) is 0 Å². The molecule has 0 radical (unpaired) electrons. The summed E-state index contributed by atoms with van der Waals surface area (Å²) in [5, 5.41) is 26.7. The molecule has 2 N–H and O–H groups in total. The van der Waals surface area contributed by atoms with Gasteiger partial charge in [-0.1, -0.05) is 20.8 Å². The number of ketones is 1. The second kappa shape index (κ2) is 14.9. The van der Waals surface area contributed by atoms with Gasteiger partial charge in [-0.3, -0.25) is 15.0 Å². The van der Waals surface area contributed by atoms with E-state index < -0.39 is 11.8 Å². The first-order chi connectivity index (χ1) is 20.4. The Morgan fingerprint density at radius 1 is 1.07 bits per heavy atom. The second-order valence-corrected chi connectivity index (χ2v) is 11.5. The van der Waals surface area contributed by atoms with Gasteiger partial charge >= 0.3 is 5.97 Å². The molecule has 0 saturated carbocycles. The third kappa shape index (κ3) is 8.25. The van der Waals surface area contributed by atoms with E-state index >= 15 is 4.39 Å². The molecule has 10 heteroatoms. The Bertz CT molecular complexity index is 1390. The third-order valence-corrected chi connectivity index (χ3v) is 7.17. The van der Waals surface area contributed by atoms with E-state index in [1.807, 2.05) is 26.8 Å². The number of aryl methyl sites for hydroxylation is 1. The largest absolute Gasteiger partial charge is 0.493 e. The highest BCUT2D eigenvalue weighted by Gasteiger charge is 2.33. The van der Waals surface area contributed by atoms with Crippen LogP contribution in [-0.4, -0.2) is 54.0 Å². The zero-order chi connectivity index (χ0) is 31.7. The van der Waals surface area contributed by atoms with Crippen LogP contribution in [0.25, 0.3) is 0 Å². The van der Waals surface area contributed by atoms with E-state index in [0.29, 0.717) is 62.2 Å². The highest BCUT2D eigenvalue weighted by atomic mass is 19.1. The number of hydrogen-bond donors (Lipinski definition) is 2. The highest BCUT2D eigenvalue weighted by Crippen LogP contribution is 2.40. The molecule has 9 nitrogen and oxygen atoms in total. The van der Waals surface area contributed by atoms with E-state index in [2.05, 4.69) is 6.07 Å². The molecule has 0 spiro atoms. The Balaban J connectivity index is 1.91. The van der Waals surface area contributed by atoms with Gasteiger partial charge in [0.2, 0.25) is 0 Å². The van der Waals surface area contributed by atoms with Crippen molar-refractivity contribution < 1.29 is 33.3 Å². The van der Waals surface area contributed by atoms with E-state index in [1.54, 1.807) is 30.9 Å². The van der Waals surface area contributed by atoms with Crippen LogP contribution in [0.2, 0.25) is 0 Å². The molecule has 1 aliphatic rings. The molecular weight excluding hydrogens is 553 g/mol. The van der Waals surface area contributed by atoms with E-state index in [4.69, 9.17) is 30.0 Å². The number of ether oxygens (including phenoxy) is 3. The quantitative estimate of drug-likeness (QED) is 0.168. The van der Waals surface area contributed by atoms with Crippen molar-refractivity contribution in [3.63, 3.8) is 0 Å². The molecule has 2 aromatic carbocycles. The van der Waals surface area contributed by atoms with Crippen LogP contribution >= 0.6 is 0 Å². The number of unbranched alkanes of at least 4 members (excludes halogenated alkanes) is 2. The normalized spacial score (nSPS) is 12.6. The Kier molecular flexibility index (Phi) is 11.5. The van der Waals surface area contributed by atoms with E-state index in [1.165, 1.54) is 0 Å². The summed E-state index contributed by atoms with van der Waals surface area (Å²) in [4.78, 5) is 26.2. The topological polar surface area (TPSA) is 133 Å². The lowest BCUT2D eigenvalue weighted by molar-refractivity contribution is -0.137. The average molecular weight is 596 g/mol. The Morgan fingerprint density at radius 2 is 1.79 bits per heavy atom. The Labute approximate surface area is 253 Å². The van der Waals surface area contributed by atoms with Crippen molar-refractivity contribution in [1.29, 1.82) is 10.7 Å². The molecule has 0 saturated heterocycles. The van der Waals surface area contributed by atoms with Crippen molar-refractivity contribution >= 4 is 17.6 Å². The maximum atomic E-state index is 15.5. The molecule has 0 bridgehead atoms. The summed E-state index contributed by atoms with van der Waals surface area (Å²) in [5.41, 5.74) is 2.36. The summed E-state index contributed by atoms with van der Waals surface area (Å²) in [6, 6.07) is 7.44. The van der Waals surface area contributed by atoms with E-state index in [9.17, 15) is 9.59 Å². The van der Waals surface area contributed by atoms with Crippen molar-refractivity contribution in [2.45, 2.75) is 85.1 Å². The molecule has 0 amide bonds. The zero-order valence-electron chi connectivity index (χ0n) is 25.8. The average Bonchev–Trinajstić information content (AvgIpc) is 3.24. The van der Waals surface area contributed by atoms with Gasteiger partial charge in [-0.2, -0.15) is 5.26 Å². The van der Waals surface area contributed by atoms with Gasteiger partial charge in [-0.15, -0.1) is 0 Å². The number of aliphatic carboxylic acids is 1. The molecule has 0 fully saturated rings. The molecule has 1 heterocycles. The number of nitrogens with one attached hydrogen (secondary N) is 1. The molecule has 0 aliphatic carbocycles. The molecular formula is C33H42FN3O6. The number of carboxylic acid groups (broad SMARTS) is 1. The number of fused-ring (bicyclic) bond motifs is 1. The fourth-order valence-corrected chi connectivity index (χ4v) is 5.10. The number of carboxylic acids is 1. The number of carbonyl (C=O) groups is 2. The number of hydrogen-bond acceptors (Lipinski definition) is 7. The Morgan fingerprint density at radius 3 is 2.42 bits per heavy atom. The molecule has 1 aliphatic heterocycles. The van der Waals surface area contributed by atoms with Crippen LogP contribution in [0.3, 0.4) is 0 Å². The predicted molar refractivity (Wildman–Crippen MR) is 161 cm³/mol. The number of rotatable bonds is 16. The van der Waals surface area contributed by atoms with Crippen molar-refractivity contribution in [1.82, 2.24) is 4.90 Å². The summed E-state index contributed by atoms with van der Waals surface area (Å²) in [6.07, 6.45) is 2.59. The summed E-state index contributed by atoms with van der Waals surface area (Å²) in [6.45, 7) is 10.6. The van der Waals surface area contributed by atoms with Gasteiger partial charge in [0.15, 0.2) is 23.1 Å². The lowest BCUT2D eigenvalue weighted by atomic mass is 9.82. The number of nitriles is 1. The van der Waals surface area contributed by atoms with Crippen LogP contribution in [0.4, 0.5) is 4.39 Å². The van der Waals surface area contributed by atoms with Crippen LogP contribution in [-0.2, 0) is 23.2 Å². The first-order valence-electron chi connectivity index (χ1n) is 14.8. The SMILES string of the molecule is CCOc1cc2c(c(F)c1OCC)C(=N)N(CC(=O)c1cc(CCCC#N)c(OCCCCC(=O)O)c(C(C)(C)C)c1)C2. The van der Waals surface area contributed by atoms with Crippen LogP contribution in [0.5, 0.6) is 17.2 Å². The van der Waals surface area contributed by atoms with Gasteiger partial charge in [0.05, 0.1) is 38.0 Å². The Hall–Kier alpha value is -4.13. The van der Waals surface area contributed by atoms with Gasteiger partial charge in [0, 0.05) is 30.5 Å². The van der Waals surface area contributed by atoms with Gasteiger partial charge in [-0.05, 0) is 74.3 Å². The first-order valence-corrected chi connectivity index (χ1v) is 14.8. The summed E-state index contributed by atoms with van der Waals surface area (Å²) in [5.74, 6) is -0.926. The molecule has 0 aromatic heterocycles. The van der Waals surface area contributed by atoms with E-state index in [-0.39, 0.29) is 60.2 Å². The van der Waals surface area contributed by atoms with Gasteiger partial charge in [-0.25, -0.2) is 4.39 Å². The number of nitrogens with zero attached hydrogens (tertiary/aromatic N) is 2. The molecule has 3 rings (SSSR count). The number of Topliss-reactive ketones (excluding diaryl/α,β-unsaturated/α-hetero) is 1. The van der Waals surface area contributed by atoms with E-state index in [0.717, 1.165) is 11.1 Å². The summed E-state index contributed by atoms with van der Waals surface area (Å²) in [7, 11) is 0. The first kappa shape index (κ1) is 33.4. The maximum Gasteiger partial charge on any atom is 0.303 e. The fourth-order valence-electron chi connectivity index (χ4n) is 5.10. The number of halogens is 1. The summed E-state index contributed by atoms with van der Waals surface area (Å²) >= 11 is 0. The molecule has 232 valence electrons. The number of amidine groups is 1. The molecule has 0 unspecified atom stereocenters. The zero-order valence-corrected chi connectivity index (χ0v) is 25.8. The molecule has 0 atom stereocenters. The molecule has 43 heavy (non-hydrogen) atoms. The van der Waals surface area contributed by atoms with Crippen LogP contribution in [0.1, 0.15) is 99.3 Å². The lowest BCUT2D eigenvalue weighted by Gasteiger charge is -2.26. The van der Waals surface area contributed by atoms with Crippen LogP contribution in [0.15, 0.2) is 18.2 Å². The van der Waals surface area contributed by atoms with Crippen molar-refractivity contribution in [3.8, 4) is 23.3 Å². The minimum atomic E-state index is -0.850. The van der Waals surface area contributed by atoms with Crippen molar-refractivity contribution in [2.75, 3.05) is 26.4 Å². The molecule has 2 aromatic rings. The second-order valence-electron chi connectivity index (χ2n) is 11.5. The third-order valence-electron chi connectivity index (χ3n) is 7.17. The van der Waals surface area contributed by atoms with Crippen LogP contribution < -0.4 is 14.2 Å². The highest BCUT2D eigenvalue weighted by molar-refractivity contribution is 6.06. The summed E-state index contributed by atoms with van der Waals surface area (Å²) < 4.78 is 32.8. The standard InChI is InChI=1S/C33H42FN3O6/c1-6-41-26-18-23-19-37(32(36)28(23)29(34)31(26)42-7-2)20-25(38)22-16-21(12-8-10-14-35)30(24(17-22)33(3,4)5)43-15-11-9-13-27(39)40/h16-18,36H,6-13,15,19-20H2,1-5H3,(H,39,40). The van der Waals surface area contributed by atoms with Crippen molar-refractivity contribution in [3.05, 3.63) is 51.8 Å².